The summed E-state index contributed by atoms with van der Waals surface area (Å²) in [6, 6.07) is 0. The maximum Gasteiger partial charge on any atom is 0.175 e. The molecule has 4 unspecified atom stereocenters. The number of rotatable bonds is 1. The van der Waals surface area contributed by atoms with Gasteiger partial charge in [-0.25, -0.2) is 0 Å². The summed E-state index contributed by atoms with van der Waals surface area (Å²) in [5.74, 6) is 2.58. The number of oxime groups is 1. The Labute approximate surface area is 161 Å². The highest BCUT2D eigenvalue weighted by Crippen LogP contribution is 2.68. The number of hydrogen-bond acceptors (Lipinski definition) is 4. The molecule has 3 saturated carbocycles. The van der Waals surface area contributed by atoms with Crippen LogP contribution in [0.1, 0.15) is 58.3 Å². The molecule has 0 aromatic heterocycles. The molecule has 1 spiro atoms. The number of nitrogens with zero attached hydrogens (tertiary/aromatic N) is 1. The van der Waals surface area contributed by atoms with Gasteiger partial charge in [0.05, 0.1) is 11.3 Å². The van der Waals surface area contributed by atoms with E-state index in [2.05, 4.69) is 30.8 Å². The molecule has 0 bridgehead atoms. The van der Waals surface area contributed by atoms with Crippen molar-refractivity contribution in [2.45, 2.75) is 70.2 Å². The van der Waals surface area contributed by atoms with Gasteiger partial charge in [0.2, 0.25) is 0 Å². The molecule has 1 heterocycles. The highest BCUT2D eigenvalue weighted by atomic mass is 16.6. The Kier molecular flexibility index (Phi) is 3.97. The molecule has 3 fully saturated rings. The predicted molar refractivity (Wildman–Crippen MR) is 104 cm³/mol. The Hall–Kier alpha value is -1.39. The molecule has 1 aliphatic heterocycles. The van der Waals surface area contributed by atoms with Crippen molar-refractivity contribution in [2.24, 2.45) is 34.2 Å². The van der Waals surface area contributed by atoms with Gasteiger partial charge in [0.25, 0.3) is 0 Å². The summed E-state index contributed by atoms with van der Waals surface area (Å²) in [4.78, 5) is 0. The van der Waals surface area contributed by atoms with E-state index in [1.165, 1.54) is 30.4 Å². The van der Waals surface area contributed by atoms with Crippen molar-refractivity contribution < 1.29 is 15.1 Å². The molecule has 146 valence electrons. The van der Waals surface area contributed by atoms with E-state index in [0.717, 1.165) is 37.8 Å². The first-order chi connectivity index (χ1) is 13.0. The Morgan fingerprint density at radius 2 is 2.11 bits per heavy atom. The van der Waals surface area contributed by atoms with Crippen molar-refractivity contribution in [2.75, 3.05) is 0 Å². The molecule has 4 heteroatoms. The van der Waals surface area contributed by atoms with Crippen molar-refractivity contribution in [3.05, 3.63) is 36.0 Å². The molecule has 5 aliphatic rings. The molecule has 7 atom stereocenters. The van der Waals surface area contributed by atoms with Gasteiger partial charge in [0.1, 0.15) is 0 Å². The van der Waals surface area contributed by atoms with E-state index in [1.807, 2.05) is 6.08 Å². The van der Waals surface area contributed by atoms with Gasteiger partial charge in [-0.3, -0.25) is 0 Å². The molecule has 0 amide bonds. The summed E-state index contributed by atoms with van der Waals surface area (Å²) in [6.07, 6.45) is 14.1. The fourth-order valence-electron chi connectivity index (χ4n) is 7.76. The van der Waals surface area contributed by atoms with Crippen LogP contribution in [0.5, 0.6) is 0 Å². The van der Waals surface area contributed by atoms with Gasteiger partial charge in [0.15, 0.2) is 6.29 Å². The van der Waals surface area contributed by atoms with E-state index in [9.17, 15) is 10.3 Å². The van der Waals surface area contributed by atoms with Crippen LogP contribution >= 0.6 is 0 Å². The number of aliphatic hydroxyl groups excluding tert-OH is 1. The van der Waals surface area contributed by atoms with Gasteiger partial charge in [-0.1, -0.05) is 30.3 Å². The second-order valence-electron chi connectivity index (χ2n) is 9.42. The largest absolute Gasteiger partial charge is 0.411 e. The lowest BCUT2D eigenvalue weighted by Crippen LogP contribution is -2.54. The van der Waals surface area contributed by atoms with Crippen LogP contribution in [-0.2, 0) is 4.74 Å². The van der Waals surface area contributed by atoms with Crippen molar-refractivity contribution in [3.63, 3.8) is 0 Å². The third-order valence-electron chi connectivity index (χ3n) is 8.83. The quantitative estimate of drug-likeness (QED) is 0.404. The summed E-state index contributed by atoms with van der Waals surface area (Å²) in [5, 5.41) is 22.7. The molecule has 5 rings (SSSR count). The SMILES string of the molecule is C=C1CC2C(CC[C@@]3(CC)C2CC[C@@]32C=CC(O)O2)[C@H]2CC/C(=N\O)C=C12. The average Bonchev–Trinajstić information content (AvgIpc) is 3.23. The Morgan fingerprint density at radius 1 is 1.26 bits per heavy atom. The molecule has 0 aromatic rings. The van der Waals surface area contributed by atoms with Crippen LogP contribution in [0, 0.1) is 29.1 Å². The molecule has 2 N–H and O–H groups in total. The van der Waals surface area contributed by atoms with Gasteiger partial charge in [-0.2, -0.15) is 0 Å². The third-order valence-corrected chi connectivity index (χ3v) is 8.83. The third kappa shape index (κ3) is 2.26. The number of fused-ring (bicyclic) bond motifs is 6. The first-order valence-electron chi connectivity index (χ1n) is 10.7. The minimum absolute atomic E-state index is 0.149. The zero-order valence-corrected chi connectivity index (χ0v) is 16.2. The number of ether oxygens (including phenoxy) is 1. The lowest BCUT2D eigenvalue weighted by molar-refractivity contribution is -0.186. The first kappa shape index (κ1) is 17.7. The number of aliphatic hydroxyl groups is 1. The summed E-state index contributed by atoms with van der Waals surface area (Å²) < 4.78 is 6.18. The lowest BCUT2D eigenvalue weighted by atomic mass is 9.49. The van der Waals surface area contributed by atoms with E-state index in [1.54, 1.807) is 0 Å². The molecule has 0 aromatic carbocycles. The van der Waals surface area contributed by atoms with Crippen LogP contribution < -0.4 is 0 Å². The second kappa shape index (κ2) is 6.05. The molecule has 4 aliphatic carbocycles. The van der Waals surface area contributed by atoms with Crippen LogP contribution in [0.25, 0.3) is 0 Å². The fraction of sp³-hybridized carbons (Fsp3) is 0.696. The summed E-state index contributed by atoms with van der Waals surface area (Å²) >= 11 is 0. The van der Waals surface area contributed by atoms with Gasteiger partial charge in [-0.15, -0.1) is 0 Å². The van der Waals surface area contributed by atoms with E-state index in [4.69, 9.17) is 4.74 Å². The smallest absolute Gasteiger partial charge is 0.175 e. The predicted octanol–water partition coefficient (Wildman–Crippen LogP) is 4.59. The van der Waals surface area contributed by atoms with E-state index >= 15 is 0 Å². The van der Waals surface area contributed by atoms with Crippen molar-refractivity contribution >= 4 is 5.71 Å². The Bertz CT molecular complexity index is 753. The van der Waals surface area contributed by atoms with Crippen molar-refractivity contribution in [3.8, 4) is 0 Å². The van der Waals surface area contributed by atoms with E-state index in [0.29, 0.717) is 23.7 Å². The van der Waals surface area contributed by atoms with Gasteiger partial charge >= 0.3 is 0 Å². The van der Waals surface area contributed by atoms with E-state index < -0.39 is 6.29 Å². The number of allylic oxidation sites excluding steroid dienone is 3. The van der Waals surface area contributed by atoms with Crippen LogP contribution in [0.2, 0.25) is 0 Å². The topological polar surface area (TPSA) is 62.0 Å². The van der Waals surface area contributed by atoms with Gasteiger partial charge in [0, 0.05) is 5.41 Å². The minimum Gasteiger partial charge on any atom is -0.411 e. The van der Waals surface area contributed by atoms with Crippen LogP contribution in [-0.4, -0.2) is 27.9 Å². The first-order valence-corrected chi connectivity index (χ1v) is 10.7. The second-order valence-corrected chi connectivity index (χ2v) is 9.42. The Morgan fingerprint density at radius 3 is 2.81 bits per heavy atom. The minimum atomic E-state index is -0.740. The molecule has 0 saturated heterocycles. The summed E-state index contributed by atoms with van der Waals surface area (Å²) in [6.45, 7) is 6.75. The zero-order valence-electron chi connectivity index (χ0n) is 16.2. The summed E-state index contributed by atoms with van der Waals surface area (Å²) in [7, 11) is 0. The lowest BCUT2D eigenvalue weighted by Gasteiger charge is -2.57. The molecule has 27 heavy (non-hydrogen) atoms. The maximum absolute atomic E-state index is 10.1. The number of hydrogen-bond donors (Lipinski definition) is 2. The molecule has 0 radical (unpaired) electrons. The van der Waals surface area contributed by atoms with Gasteiger partial charge < -0.3 is 15.1 Å². The van der Waals surface area contributed by atoms with Crippen LogP contribution in [0.4, 0.5) is 0 Å². The Balaban J connectivity index is 1.50. The van der Waals surface area contributed by atoms with Crippen molar-refractivity contribution in [1.29, 1.82) is 0 Å². The molecular formula is C23H31NO3. The van der Waals surface area contributed by atoms with Crippen molar-refractivity contribution in [1.82, 2.24) is 0 Å². The highest BCUT2D eigenvalue weighted by Gasteiger charge is 2.65. The molecular weight excluding hydrogens is 338 g/mol. The standard InChI is InChI=1S/C23H31NO3/c1-3-22-9-6-17-16-5-4-15(24-26)13-18(16)14(2)12-19(17)20(22)7-10-23(22)11-8-21(25)27-23/h8,11,13,16-17,19-21,25-26H,2-7,9-10,12H2,1H3/b24-15+/t16-,17?,19?,20?,21?,22+,23-/m1/s1. The van der Waals surface area contributed by atoms with Crippen LogP contribution in [0.3, 0.4) is 0 Å². The van der Waals surface area contributed by atoms with Crippen LogP contribution in [0.15, 0.2) is 41.1 Å². The average molecular weight is 370 g/mol. The molecule has 4 nitrogen and oxygen atoms in total. The fourth-order valence-corrected chi connectivity index (χ4v) is 7.76. The maximum atomic E-state index is 10.1. The normalized spacial score (nSPS) is 49.9. The van der Waals surface area contributed by atoms with Gasteiger partial charge in [-0.05, 0) is 92.8 Å². The highest BCUT2D eigenvalue weighted by molar-refractivity contribution is 5.96. The monoisotopic (exact) mass is 369 g/mol. The van der Waals surface area contributed by atoms with E-state index in [-0.39, 0.29) is 11.0 Å². The summed E-state index contributed by atoms with van der Waals surface area (Å²) in [5.41, 5.74) is 3.28. The zero-order chi connectivity index (χ0) is 18.8.